The zero-order chi connectivity index (χ0) is 16.4. The highest BCUT2D eigenvalue weighted by molar-refractivity contribution is 6.36. The molecule has 0 radical (unpaired) electrons. The van der Waals surface area contributed by atoms with Gasteiger partial charge in [0.25, 0.3) is 0 Å². The van der Waals surface area contributed by atoms with Crippen molar-refractivity contribution in [3.63, 3.8) is 0 Å². The van der Waals surface area contributed by atoms with Crippen LogP contribution in [0.4, 0.5) is 0 Å². The fourth-order valence-corrected chi connectivity index (χ4v) is 3.03. The lowest BCUT2D eigenvalue weighted by Gasteiger charge is -2.29. The fourth-order valence-electron chi connectivity index (χ4n) is 2.52. The fraction of sp³-hybridized carbons (Fsp3) is 0.333. The van der Waals surface area contributed by atoms with Gasteiger partial charge < -0.3 is 14.8 Å². The monoisotopic (exact) mass is 351 g/mol. The third kappa shape index (κ3) is 3.74. The summed E-state index contributed by atoms with van der Waals surface area (Å²) in [5.74, 6) is 1.48. The zero-order valence-electron chi connectivity index (χ0n) is 13.1. The van der Waals surface area contributed by atoms with Crippen LogP contribution in [0.15, 0.2) is 36.4 Å². The third-order valence-corrected chi connectivity index (χ3v) is 4.21. The molecule has 23 heavy (non-hydrogen) atoms. The molecule has 1 N–H and O–H groups in total. The Hall–Kier alpha value is -1.42. The van der Waals surface area contributed by atoms with Crippen LogP contribution in [0.1, 0.15) is 13.8 Å². The summed E-state index contributed by atoms with van der Waals surface area (Å²) in [6, 6.07) is 11.7. The van der Waals surface area contributed by atoms with Gasteiger partial charge in [0.15, 0.2) is 11.5 Å². The van der Waals surface area contributed by atoms with Crippen molar-refractivity contribution in [1.82, 2.24) is 5.32 Å². The van der Waals surface area contributed by atoms with Crippen LogP contribution in [0.5, 0.6) is 11.5 Å². The minimum absolute atomic E-state index is 0.0304. The molecule has 1 aliphatic rings. The minimum atomic E-state index is -0.0304. The first-order valence-corrected chi connectivity index (χ1v) is 8.41. The van der Waals surface area contributed by atoms with E-state index in [0.717, 1.165) is 29.2 Å². The van der Waals surface area contributed by atoms with Gasteiger partial charge in [0, 0.05) is 28.7 Å². The van der Waals surface area contributed by atoms with E-state index in [1.807, 2.05) is 30.3 Å². The van der Waals surface area contributed by atoms with E-state index in [1.54, 1.807) is 6.07 Å². The summed E-state index contributed by atoms with van der Waals surface area (Å²) >= 11 is 12.3. The summed E-state index contributed by atoms with van der Waals surface area (Å²) in [6.45, 7) is 5.48. The number of rotatable bonds is 4. The quantitative estimate of drug-likeness (QED) is 0.858. The van der Waals surface area contributed by atoms with E-state index in [9.17, 15) is 0 Å². The second-order valence-electron chi connectivity index (χ2n) is 5.87. The van der Waals surface area contributed by atoms with Gasteiger partial charge in [-0.15, -0.1) is 0 Å². The Morgan fingerprint density at radius 2 is 2.00 bits per heavy atom. The summed E-state index contributed by atoms with van der Waals surface area (Å²) in [5, 5.41) is 4.58. The molecule has 0 amide bonds. The minimum Gasteiger partial charge on any atom is -0.486 e. The number of nitrogens with one attached hydrogen (secondary N) is 1. The Morgan fingerprint density at radius 1 is 1.17 bits per heavy atom. The van der Waals surface area contributed by atoms with Crippen LogP contribution in [0.25, 0.3) is 11.1 Å². The second-order valence-corrected chi connectivity index (χ2v) is 6.71. The van der Waals surface area contributed by atoms with Crippen LogP contribution in [0, 0.1) is 0 Å². The van der Waals surface area contributed by atoms with Crippen molar-refractivity contribution in [3.8, 4) is 22.6 Å². The topological polar surface area (TPSA) is 30.5 Å². The maximum absolute atomic E-state index is 6.35. The summed E-state index contributed by atoms with van der Waals surface area (Å²) in [5.41, 5.74) is 1.80. The van der Waals surface area contributed by atoms with Crippen molar-refractivity contribution in [2.45, 2.75) is 26.0 Å². The third-order valence-electron chi connectivity index (χ3n) is 3.66. The highest BCUT2D eigenvalue weighted by Crippen LogP contribution is 2.43. The highest BCUT2D eigenvalue weighted by atomic mass is 35.5. The number of benzene rings is 2. The number of hydrogen-bond acceptors (Lipinski definition) is 3. The van der Waals surface area contributed by atoms with E-state index in [4.69, 9.17) is 32.7 Å². The zero-order valence-corrected chi connectivity index (χ0v) is 14.6. The Bertz CT molecular complexity index is 703. The predicted octanol–water partition coefficient (Wildman–Crippen LogP) is 4.80. The van der Waals surface area contributed by atoms with Crippen molar-refractivity contribution in [2.75, 3.05) is 13.2 Å². The lowest BCUT2D eigenvalue weighted by Crippen LogP contribution is -2.40. The lowest BCUT2D eigenvalue weighted by atomic mass is 10.0. The van der Waals surface area contributed by atoms with Crippen LogP contribution >= 0.6 is 23.2 Å². The van der Waals surface area contributed by atoms with Crippen LogP contribution in [-0.2, 0) is 0 Å². The molecule has 0 saturated carbocycles. The van der Waals surface area contributed by atoms with Gasteiger partial charge in [-0.05, 0) is 18.2 Å². The second kappa shape index (κ2) is 7.00. The molecule has 1 heterocycles. The van der Waals surface area contributed by atoms with E-state index in [0.29, 0.717) is 22.7 Å². The normalized spacial score (nSPS) is 16.7. The lowest BCUT2D eigenvalue weighted by molar-refractivity contribution is 0.0897. The molecule has 1 unspecified atom stereocenters. The summed E-state index contributed by atoms with van der Waals surface area (Å²) in [4.78, 5) is 0. The van der Waals surface area contributed by atoms with Gasteiger partial charge in [-0.2, -0.15) is 0 Å². The Labute approximate surface area is 146 Å². The van der Waals surface area contributed by atoms with Crippen molar-refractivity contribution >= 4 is 23.2 Å². The molecule has 2 aromatic rings. The molecule has 0 spiro atoms. The van der Waals surface area contributed by atoms with E-state index in [-0.39, 0.29) is 6.10 Å². The van der Waals surface area contributed by atoms with Gasteiger partial charge in [-0.3, -0.25) is 0 Å². The first-order valence-electron chi connectivity index (χ1n) is 7.66. The summed E-state index contributed by atoms with van der Waals surface area (Å²) in [6.07, 6.45) is -0.0304. The van der Waals surface area contributed by atoms with E-state index in [2.05, 4.69) is 19.2 Å². The van der Waals surface area contributed by atoms with Crippen molar-refractivity contribution < 1.29 is 9.47 Å². The number of ether oxygens (including phenoxy) is 2. The average Bonchev–Trinajstić information content (AvgIpc) is 2.52. The molecular weight excluding hydrogens is 333 g/mol. The molecule has 0 saturated heterocycles. The van der Waals surface area contributed by atoms with Crippen molar-refractivity contribution in [2.24, 2.45) is 0 Å². The summed E-state index contributed by atoms with van der Waals surface area (Å²) in [7, 11) is 0. The maximum atomic E-state index is 6.35. The van der Waals surface area contributed by atoms with E-state index in [1.165, 1.54) is 0 Å². The average molecular weight is 352 g/mol. The van der Waals surface area contributed by atoms with Crippen LogP contribution < -0.4 is 14.8 Å². The van der Waals surface area contributed by atoms with Gasteiger partial charge in [-0.25, -0.2) is 0 Å². The molecule has 3 rings (SSSR count). The molecule has 0 aliphatic carbocycles. The van der Waals surface area contributed by atoms with Gasteiger partial charge in [-0.1, -0.05) is 55.2 Å². The number of hydrogen-bond donors (Lipinski definition) is 1. The smallest absolute Gasteiger partial charge is 0.169 e. The van der Waals surface area contributed by atoms with Crippen LogP contribution in [0.2, 0.25) is 10.0 Å². The molecule has 1 atom stereocenters. The molecule has 0 aromatic heterocycles. The SMILES string of the molecule is CC(C)NCC1COc2cccc(-c3ccc(Cl)cc3Cl)c2O1. The Balaban J connectivity index is 1.92. The number of para-hydroxylation sites is 1. The van der Waals surface area contributed by atoms with Crippen molar-refractivity contribution in [3.05, 3.63) is 46.4 Å². The summed E-state index contributed by atoms with van der Waals surface area (Å²) < 4.78 is 12.0. The molecule has 2 aromatic carbocycles. The van der Waals surface area contributed by atoms with Gasteiger partial charge in [0.05, 0.1) is 5.02 Å². The largest absolute Gasteiger partial charge is 0.486 e. The molecular formula is C18H19Cl2NO2. The highest BCUT2D eigenvalue weighted by Gasteiger charge is 2.24. The molecule has 3 nitrogen and oxygen atoms in total. The van der Waals surface area contributed by atoms with E-state index >= 15 is 0 Å². The van der Waals surface area contributed by atoms with Crippen LogP contribution in [0.3, 0.4) is 0 Å². The first kappa shape index (κ1) is 16.4. The van der Waals surface area contributed by atoms with Gasteiger partial charge in [0.2, 0.25) is 0 Å². The standard InChI is InChI=1S/C18H19Cl2NO2/c1-11(2)21-9-13-10-22-17-5-3-4-15(18(17)23-13)14-7-6-12(19)8-16(14)20/h3-8,11,13,21H,9-10H2,1-2H3. The number of halogens is 2. The van der Waals surface area contributed by atoms with Gasteiger partial charge in [0.1, 0.15) is 12.7 Å². The Morgan fingerprint density at radius 3 is 2.74 bits per heavy atom. The maximum Gasteiger partial charge on any atom is 0.169 e. The molecule has 122 valence electrons. The number of fused-ring (bicyclic) bond motifs is 1. The molecule has 5 heteroatoms. The molecule has 0 bridgehead atoms. The molecule has 1 aliphatic heterocycles. The predicted molar refractivity (Wildman–Crippen MR) is 94.9 cm³/mol. The Kier molecular flexibility index (Phi) is 5.00. The van der Waals surface area contributed by atoms with Crippen LogP contribution in [-0.4, -0.2) is 25.3 Å². The first-order chi connectivity index (χ1) is 11.0. The van der Waals surface area contributed by atoms with E-state index < -0.39 is 0 Å². The van der Waals surface area contributed by atoms with Crippen molar-refractivity contribution in [1.29, 1.82) is 0 Å². The molecule has 0 fully saturated rings. The van der Waals surface area contributed by atoms with Gasteiger partial charge >= 0.3 is 0 Å².